The van der Waals surface area contributed by atoms with E-state index in [1.54, 1.807) is 0 Å². The van der Waals surface area contributed by atoms with E-state index in [0.717, 1.165) is 36.4 Å². The van der Waals surface area contributed by atoms with Crippen LogP contribution in [0.15, 0.2) is 48.5 Å². The summed E-state index contributed by atoms with van der Waals surface area (Å²) >= 11 is 0. The Balaban J connectivity index is 1.61. The summed E-state index contributed by atoms with van der Waals surface area (Å²) in [5.41, 5.74) is 3.51. The highest BCUT2D eigenvalue weighted by Crippen LogP contribution is 2.20. The third-order valence-electron chi connectivity index (χ3n) is 4.92. The number of hydrogen-bond acceptors (Lipinski definition) is 3. The Labute approximate surface area is 153 Å². The van der Waals surface area contributed by atoms with Crippen molar-refractivity contribution in [3.8, 4) is 0 Å². The predicted molar refractivity (Wildman–Crippen MR) is 101 cm³/mol. The lowest BCUT2D eigenvalue weighted by molar-refractivity contribution is -0.143. The number of carboxylic acid groups (broad SMARTS) is 1. The topological polar surface area (TPSA) is 69.6 Å². The largest absolute Gasteiger partial charge is 0.481 e. The van der Waals surface area contributed by atoms with Crippen molar-refractivity contribution in [1.82, 2.24) is 4.90 Å². The van der Waals surface area contributed by atoms with Crippen LogP contribution in [0.5, 0.6) is 0 Å². The number of carboxylic acids is 1. The molecule has 1 aliphatic heterocycles. The molecule has 1 amide bonds. The molecule has 1 saturated heterocycles. The lowest BCUT2D eigenvalue weighted by Crippen LogP contribution is -2.35. The van der Waals surface area contributed by atoms with Crippen LogP contribution in [0, 0.1) is 12.8 Å². The third-order valence-corrected chi connectivity index (χ3v) is 4.92. The minimum absolute atomic E-state index is 0.109. The van der Waals surface area contributed by atoms with Gasteiger partial charge in [-0.3, -0.25) is 14.5 Å². The molecule has 3 rings (SSSR count). The molecule has 1 aliphatic rings. The number of hydrogen-bond donors (Lipinski definition) is 2. The maximum absolute atomic E-state index is 12.5. The van der Waals surface area contributed by atoms with Gasteiger partial charge < -0.3 is 10.4 Å². The maximum Gasteiger partial charge on any atom is 0.306 e. The lowest BCUT2D eigenvalue weighted by atomic mass is 9.97. The van der Waals surface area contributed by atoms with Gasteiger partial charge in [-0.25, -0.2) is 0 Å². The average molecular weight is 352 g/mol. The number of nitrogens with zero attached hydrogens (tertiary/aromatic N) is 1. The molecular formula is C21H24N2O3. The van der Waals surface area contributed by atoms with Crippen LogP contribution < -0.4 is 5.32 Å². The Bertz CT molecular complexity index is 795. The molecule has 0 saturated carbocycles. The summed E-state index contributed by atoms with van der Waals surface area (Å²) in [6.45, 7) is 4.26. The number of likely N-dealkylation sites (tertiary alicyclic amines) is 1. The summed E-state index contributed by atoms with van der Waals surface area (Å²) < 4.78 is 0. The van der Waals surface area contributed by atoms with Gasteiger partial charge >= 0.3 is 5.97 Å². The minimum Gasteiger partial charge on any atom is -0.481 e. The van der Waals surface area contributed by atoms with E-state index in [0.29, 0.717) is 18.4 Å². The normalized spacial score (nSPS) is 15.6. The molecule has 2 aromatic carbocycles. The van der Waals surface area contributed by atoms with E-state index in [4.69, 9.17) is 5.11 Å². The number of nitrogens with one attached hydrogen (secondary N) is 1. The van der Waals surface area contributed by atoms with Crippen molar-refractivity contribution in [3.63, 3.8) is 0 Å². The van der Waals surface area contributed by atoms with Crippen LogP contribution in [0.4, 0.5) is 5.69 Å². The van der Waals surface area contributed by atoms with Crippen LogP contribution >= 0.6 is 0 Å². The van der Waals surface area contributed by atoms with Crippen LogP contribution in [-0.4, -0.2) is 35.0 Å². The molecule has 5 nitrogen and oxygen atoms in total. The average Bonchev–Trinajstić information content (AvgIpc) is 2.63. The Kier molecular flexibility index (Phi) is 5.68. The quantitative estimate of drug-likeness (QED) is 0.863. The Hall–Kier alpha value is -2.66. The molecule has 136 valence electrons. The van der Waals surface area contributed by atoms with Crippen LogP contribution in [0.2, 0.25) is 0 Å². The molecule has 0 aliphatic carbocycles. The summed E-state index contributed by atoms with van der Waals surface area (Å²) in [4.78, 5) is 25.8. The summed E-state index contributed by atoms with van der Waals surface area (Å²) in [6.07, 6.45) is 1.39. The van der Waals surface area contributed by atoms with Gasteiger partial charge in [0.05, 0.1) is 5.92 Å². The molecule has 26 heavy (non-hydrogen) atoms. The van der Waals surface area contributed by atoms with Crippen molar-refractivity contribution < 1.29 is 14.7 Å². The van der Waals surface area contributed by atoms with Gasteiger partial charge in [-0.2, -0.15) is 0 Å². The predicted octanol–water partition coefficient (Wildman–Crippen LogP) is 3.54. The number of aliphatic carboxylic acids is 1. The number of carbonyl (C=O) groups excluding carboxylic acids is 1. The zero-order valence-corrected chi connectivity index (χ0v) is 14.9. The van der Waals surface area contributed by atoms with Crippen LogP contribution in [-0.2, 0) is 11.3 Å². The number of piperidine rings is 1. The first-order valence-corrected chi connectivity index (χ1v) is 8.94. The van der Waals surface area contributed by atoms with Gasteiger partial charge in [0, 0.05) is 17.8 Å². The Morgan fingerprint density at radius 1 is 1.12 bits per heavy atom. The highest BCUT2D eigenvalue weighted by molar-refractivity contribution is 6.05. The third kappa shape index (κ3) is 4.49. The first-order chi connectivity index (χ1) is 12.5. The van der Waals surface area contributed by atoms with Crippen LogP contribution in [0.3, 0.4) is 0 Å². The van der Waals surface area contributed by atoms with Gasteiger partial charge in [0.15, 0.2) is 0 Å². The fourth-order valence-electron chi connectivity index (χ4n) is 3.37. The molecule has 0 bridgehead atoms. The van der Waals surface area contributed by atoms with E-state index in [-0.39, 0.29) is 11.8 Å². The summed E-state index contributed by atoms with van der Waals surface area (Å²) in [5, 5.41) is 12.1. The fourth-order valence-corrected chi connectivity index (χ4v) is 3.37. The summed E-state index contributed by atoms with van der Waals surface area (Å²) in [5.74, 6) is -1.01. The molecule has 0 spiro atoms. The molecular weight excluding hydrogens is 328 g/mol. The van der Waals surface area contributed by atoms with Crippen molar-refractivity contribution in [2.75, 3.05) is 18.4 Å². The maximum atomic E-state index is 12.5. The highest BCUT2D eigenvalue weighted by Gasteiger charge is 2.24. The molecule has 0 radical (unpaired) electrons. The molecule has 1 heterocycles. The molecule has 2 aromatic rings. The van der Waals surface area contributed by atoms with Gasteiger partial charge in [-0.1, -0.05) is 30.3 Å². The zero-order chi connectivity index (χ0) is 18.5. The van der Waals surface area contributed by atoms with E-state index in [1.807, 2.05) is 55.5 Å². The standard InChI is InChI=1S/C21H24N2O3/c1-15-5-2-3-8-19(15)20(24)22-18-7-4-6-16(13-18)14-23-11-9-17(10-12-23)21(25)26/h2-8,13,17H,9-12,14H2,1H3,(H,22,24)(H,25,26). The summed E-state index contributed by atoms with van der Waals surface area (Å²) in [6, 6.07) is 15.4. The first-order valence-electron chi connectivity index (χ1n) is 8.94. The molecule has 0 aromatic heterocycles. The van der Waals surface area contributed by atoms with E-state index in [1.165, 1.54) is 0 Å². The number of aryl methyl sites for hydroxylation is 1. The SMILES string of the molecule is Cc1ccccc1C(=O)Nc1cccc(CN2CCC(C(=O)O)CC2)c1. The van der Waals surface area contributed by atoms with Crippen LogP contribution in [0.25, 0.3) is 0 Å². The number of anilines is 1. The number of amides is 1. The minimum atomic E-state index is -0.689. The second-order valence-electron chi connectivity index (χ2n) is 6.86. The monoisotopic (exact) mass is 352 g/mol. The van der Waals surface area contributed by atoms with Gasteiger partial charge in [-0.05, 0) is 62.2 Å². The second-order valence-corrected chi connectivity index (χ2v) is 6.86. The highest BCUT2D eigenvalue weighted by atomic mass is 16.4. The van der Waals surface area contributed by atoms with Crippen molar-refractivity contribution in [3.05, 3.63) is 65.2 Å². The van der Waals surface area contributed by atoms with Crippen molar-refractivity contribution >= 4 is 17.6 Å². The van der Waals surface area contributed by atoms with Crippen molar-refractivity contribution in [2.45, 2.75) is 26.3 Å². The van der Waals surface area contributed by atoms with E-state index >= 15 is 0 Å². The van der Waals surface area contributed by atoms with Crippen molar-refractivity contribution in [2.24, 2.45) is 5.92 Å². The molecule has 2 N–H and O–H groups in total. The fraction of sp³-hybridized carbons (Fsp3) is 0.333. The molecule has 5 heteroatoms. The Morgan fingerprint density at radius 3 is 2.54 bits per heavy atom. The zero-order valence-electron chi connectivity index (χ0n) is 14.9. The van der Waals surface area contributed by atoms with E-state index in [2.05, 4.69) is 10.2 Å². The smallest absolute Gasteiger partial charge is 0.306 e. The molecule has 0 unspecified atom stereocenters. The van der Waals surface area contributed by atoms with E-state index in [9.17, 15) is 9.59 Å². The lowest BCUT2D eigenvalue weighted by Gasteiger charge is -2.30. The first kappa shape index (κ1) is 18.1. The van der Waals surface area contributed by atoms with E-state index < -0.39 is 5.97 Å². The summed E-state index contributed by atoms with van der Waals surface area (Å²) in [7, 11) is 0. The molecule has 0 atom stereocenters. The van der Waals surface area contributed by atoms with Gasteiger partial charge in [0.25, 0.3) is 5.91 Å². The van der Waals surface area contributed by atoms with Gasteiger partial charge in [0.2, 0.25) is 0 Å². The number of carbonyl (C=O) groups is 2. The number of benzene rings is 2. The second kappa shape index (κ2) is 8.15. The van der Waals surface area contributed by atoms with Crippen LogP contribution in [0.1, 0.15) is 34.3 Å². The van der Waals surface area contributed by atoms with Crippen molar-refractivity contribution in [1.29, 1.82) is 0 Å². The number of rotatable bonds is 5. The molecule has 1 fully saturated rings. The van der Waals surface area contributed by atoms with Gasteiger partial charge in [0.1, 0.15) is 0 Å². The van der Waals surface area contributed by atoms with Gasteiger partial charge in [-0.15, -0.1) is 0 Å². The Morgan fingerprint density at radius 2 is 1.85 bits per heavy atom.